The highest BCUT2D eigenvalue weighted by Crippen LogP contribution is 2.26. The molecule has 0 spiro atoms. The maximum Gasteiger partial charge on any atom is 0.261 e. The molecule has 2 N–H and O–H groups in total. The van der Waals surface area contributed by atoms with Crippen LogP contribution < -0.4 is 5.32 Å². The molecule has 5 rings (SSSR count). The third kappa shape index (κ3) is 3.49. The van der Waals surface area contributed by atoms with Crippen LogP contribution in [0.1, 0.15) is 36.6 Å². The van der Waals surface area contributed by atoms with Crippen molar-refractivity contribution in [3.05, 3.63) is 89.2 Å². The van der Waals surface area contributed by atoms with E-state index in [0.717, 1.165) is 10.5 Å². The normalized spacial score (nSPS) is 12.7. The summed E-state index contributed by atoms with van der Waals surface area (Å²) in [6.07, 6.45) is 3.20. The standard InChI is InChI=1S/C22H15N7O3/c30-20(24-16-3-1-2-14(10-16)19-25-27-28-26-19)15-4-5-17-18(11-15)22(32)29(21(17)31)12-13-6-8-23-9-7-13/h1-11H,12H2,(H,24,30)(H,25,26,27,28). The molecule has 0 atom stereocenters. The molecule has 1 aliphatic rings. The number of fused-ring (bicyclic) bond motifs is 1. The van der Waals surface area contributed by atoms with Gasteiger partial charge < -0.3 is 5.32 Å². The second-order valence-corrected chi connectivity index (χ2v) is 7.08. The lowest BCUT2D eigenvalue weighted by Crippen LogP contribution is -2.29. The van der Waals surface area contributed by atoms with Crippen LogP contribution in [-0.4, -0.2) is 48.2 Å². The number of aromatic nitrogens is 5. The Kier molecular flexibility index (Phi) is 4.71. The average molecular weight is 425 g/mol. The fourth-order valence-corrected chi connectivity index (χ4v) is 3.47. The van der Waals surface area contributed by atoms with E-state index in [1.54, 1.807) is 48.8 Å². The third-order valence-corrected chi connectivity index (χ3v) is 5.05. The fraction of sp³-hybridized carbons (Fsp3) is 0.0455. The SMILES string of the molecule is O=C(Nc1cccc(-c2nn[nH]n2)c1)c1ccc2c(c1)C(=O)N(Cc1ccncc1)C2=O. The number of nitrogens with one attached hydrogen (secondary N) is 2. The van der Waals surface area contributed by atoms with Crippen LogP contribution in [0.2, 0.25) is 0 Å². The third-order valence-electron chi connectivity index (χ3n) is 5.05. The second-order valence-electron chi connectivity index (χ2n) is 7.08. The highest BCUT2D eigenvalue weighted by atomic mass is 16.2. The number of rotatable bonds is 5. The van der Waals surface area contributed by atoms with Crippen LogP contribution in [0.25, 0.3) is 11.4 Å². The van der Waals surface area contributed by atoms with Crippen molar-refractivity contribution >= 4 is 23.4 Å². The number of carbonyl (C=O) groups excluding carboxylic acids is 3. The predicted molar refractivity (Wildman–Crippen MR) is 112 cm³/mol. The molecule has 10 nitrogen and oxygen atoms in total. The number of amides is 3. The topological polar surface area (TPSA) is 134 Å². The zero-order valence-corrected chi connectivity index (χ0v) is 16.5. The molecule has 0 unspecified atom stereocenters. The van der Waals surface area contributed by atoms with Crippen molar-refractivity contribution in [2.24, 2.45) is 0 Å². The predicted octanol–water partition coefficient (Wildman–Crippen LogP) is 2.31. The van der Waals surface area contributed by atoms with E-state index in [1.165, 1.54) is 18.2 Å². The van der Waals surface area contributed by atoms with Crippen molar-refractivity contribution in [2.45, 2.75) is 6.54 Å². The summed E-state index contributed by atoms with van der Waals surface area (Å²) in [4.78, 5) is 43.5. The Morgan fingerprint density at radius 1 is 0.969 bits per heavy atom. The van der Waals surface area contributed by atoms with E-state index in [1.807, 2.05) is 0 Å². The molecule has 0 bridgehead atoms. The van der Waals surface area contributed by atoms with Gasteiger partial charge in [0.2, 0.25) is 5.82 Å². The van der Waals surface area contributed by atoms with Gasteiger partial charge in [0.25, 0.3) is 17.7 Å². The largest absolute Gasteiger partial charge is 0.322 e. The van der Waals surface area contributed by atoms with E-state index in [4.69, 9.17) is 0 Å². The molecule has 0 fully saturated rings. The van der Waals surface area contributed by atoms with Gasteiger partial charge in [-0.25, -0.2) is 0 Å². The molecular weight excluding hydrogens is 410 g/mol. The lowest BCUT2D eigenvalue weighted by molar-refractivity contribution is 0.0642. The average Bonchev–Trinajstić information content (AvgIpc) is 3.44. The molecule has 3 amide bonds. The second kappa shape index (κ2) is 7.84. The Morgan fingerprint density at radius 3 is 2.56 bits per heavy atom. The number of imide groups is 1. The van der Waals surface area contributed by atoms with Crippen molar-refractivity contribution in [1.82, 2.24) is 30.5 Å². The maximum absolute atomic E-state index is 12.9. The molecule has 0 radical (unpaired) electrons. The molecule has 3 heterocycles. The van der Waals surface area contributed by atoms with Gasteiger partial charge in [-0.05, 0) is 53.2 Å². The number of benzene rings is 2. The maximum atomic E-state index is 12.9. The molecule has 1 aliphatic heterocycles. The Balaban J connectivity index is 1.36. The minimum atomic E-state index is -0.435. The van der Waals surface area contributed by atoms with Gasteiger partial charge in [-0.2, -0.15) is 5.21 Å². The number of H-pyrrole nitrogens is 1. The summed E-state index contributed by atoms with van der Waals surface area (Å²) < 4.78 is 0. The van der Waals surface area contributed by atoms with Crippen molar-refractivity contribution < 1.29 is 14.4 Å². The van der Waals surface area contributed by atoms with Gasteiger partial charge in [0.15, 0.2) is 0 Å². The summed E-state index contributed by atoms with van der Waals surface area (Å²) in [5.41, 5.74) is 2.74. The van der Waals surface area contributed by atoms with Gasteiger partial charge in [0.1, 0.15) is 0 Å². The molecule has 4 aromatic rings. The van der Waals surface area contributed by atoms with Crippen LogP contribution >= 0.6 is 0 Å². The van der Waals surface area contributed by atoms with E-state index in [9.17, 15) is 14.4 Å². The first-order valence-electron chi connectivity index (χ1n) is 9.64. The minimum Gasteiger partial charge on any atom is -0.322 e. The summed E-state index contributed by atoms with van der Waals surface area (Å²) in [5, 5.41) is 16.5. The number of nitrogens with zero attached hydrogens (tertiary/aromatic N) is 5. The Morgan fingerprint density at radius 2 is 1.78 bits per heavy atom. The highest BCUT2D eigenvalue weighted by molar-refractivity contribution is 6.22. The van der Waals surface area contributed by atoms with Gasteiger partial charge >= 0.3 is 0 Å². The van der Waals surface area contributed by atoms with Crippen LogP contribution in [-0.2, 0) is 6.54 Å². The van der Waals surface area contributed by atoms with Gasteiger partial charge in [-0.3, -0.25) is 24.3 Å². The summed E-state index contributed by atoms with van der Waals surface area (Å²) in [6.45, 7) is 0.138. The zero-order chi connectivity index (χ0) is 22.1. The van der Waals surface area contributed by atoms with Gasteiger partial charge in [0.05, 0.1) is 17.7 Å². The van der Waals surface area contributed by atoms with Gasteiger partial charge in [-0.1, -0.05) is 12.1 Å². The van der Waals surface area contributed by atoms with Crippen molar-refractivity contribution in [1.29, 1.82) is 0 Å². The molecule has 32 heavy (non-hydrogen) atoms. The van der Waals surface area contributed by atoms with Crippen molar-refractivity contribution in [2.75, 3.05) is 5.32 Å². The Labute approximate surface area is 181 Å². The minimum absolute atomic E-state index is 0.138. The molecule has 156 valence electrons. The zero-order valence-electron chi connectivity index (χ0n) is 16.5. The number of tetrazole rings is 1. The molecule has 0 aliphatic carbocycles. The Bertz CT molecular complexity index is 1340. The summed E-state index contributed by atoms with van der Waals surface area (Å²) >= 11 is 0. The molecule has 0 saturated heterocycles. The number of aromatic amines is 1. The monoisotopic (exact) mass is 425 g/mol. The van der Waals surface area contributed by atoms with E-state index in [2.05, 4.69) is 30.9 Å². The van der Waals surface area contributed by atoms with E-state index in [-0.39, 0.29) is 29.1 Å². The molecule has 10 heteroatoms. The molecular formula is C22H15N7O3. The van der Waals surface area contributed by atoms with Gasteiger partial charge in [0, 0.05) is 29.2 Å². The van der Waals surface area contributed by atoms with Crippen LogP contribution in [0.3, 0.4) is 0 Å². The van der Waals surface area contributed by atoms with E-state index < -0.39 is 11.8 Å². The highest BCUT2D eigenvalue weighted by Gasteiger charge is 2.36. The number of pyridine rings is 1. The summed E-state index contributed by atoms with van der Waals surface area (Å²) in [5.74, 6) is -0.833. The number of carbonyl (C=O) groups is 3. The number of hydrogen-bond donors (Lipinski definition) is 2. The van der Waals surface area contributed by atoms with Crippen molar-refractivity contribution in [3.8, 4) is 11.4 Å². The lowest BCUT2D eigenvalue weighted by atomic mass is 10.1. The molecule has 0 saturated carbocycles. The first-order valence-corrected chi connectivity index (χ1v) is 9.64. The van der Waals surface area contributed by atoms with Crippen LogP contribution in [0.5, 0.6) is 0 Å². The van der Waals surface area contributed by atoms with E-state index in [0.29, 0.717) is 17.1 Å². The van der Waals surface area contributed by atoms with Crippen molar-refractivity contribution in [3.63, 3.8) is 0 Å². The Hall–Kier alpha value is -4.73. The number of anilines is 1. The van der Waals surface area contributed by atoms with Crippen LogP contribution in [0.4, 0.5) is 5.69 Å². The first kappa shape index (κ1) is 19.2. The van der Waals surface area contributed by atoms with Crippen LogP contribution in [0.15, 0.2) is 67.0 Å². The quantitative estimate of drug-likeness (QED) is 0.469. The molecule has 2 aromatic carbocycles. The van der Waals surface area contributed by atoms with Crippen LogP contribution in [0, 0.1) is 0 Å². The number of hydrogen-bond acceptors (Lipinski definition) is 7. The van der Waals surface area contributed by atoms with E-state index >= 15 is 0 Å². The summed E-state index contributed by atoms with van der Waals surface area (Å²) in [6, 6.07) is 14.9. The fourth-order valence-electron chi connectivity index (χ4n) is 3.47. The first-order chi connectivity index (χ1) is 15.6. The summed E-state index contributed by atoms with van der Waals surface area (Å²) in [7, 11) is 0. The smallest absolute Gasteiger partial charge is 0.261 e. The van der Waals surface area contributed by atoms with Gasteiger partial charge in [-0.15, -0.1) is 10.2 Å². The molecule has 2 aromatic heterocycles. The lowest BCUT2D eigenvalue weighted by Gasteiger charge is -2.13.